The van der Waals surface area contributed by atoms with Crippen molar-refractivity contribution in [2.75, 3.05) is 7.05 Å². The van der Waals surface area contributed by atoms with Gasteiger partial charge in [0.05, 0.1) is 6.04 Å². The van der Waals surface area contributed by atoms with Crippen LogP contribution >= 0.6 is 0 Å². The number of furan rings is 1. The third-order valence-corrected chi connectivity index (χ3v) is 3.81. The lowest BCUT2D eigenvalue weighted by Crippen LogP contribution is -2.35. The first-order valence-corrected chi connectivity index (χ1v) is 7.31. The van der Waals surface area contributed by atoms with E-state index >= 15 is 0 Å². The fourth-order valence-corrected chi connectivity index (χ4v) is 2.22. The number of rotatable bonds is 5. The number of carbonyl (C=O) groups is 1. The van der Waals surface area contributed by atoms with Crippen LogP contribution < -0.4 is 5.73 Å². The normalized spacial score (nSPS) is 13.4. The summed E-state index contributed by atoms with van der Waals surface area (Å²) in [6.45, 7) is 5.84. The summed E-state index contributed by atoms with van der Waals surface area (Å²) in [6.07, 6.45) is 1.12. The number of nitrogens with two attached hydrogens (primary N) is 1. The van der Waals surface area contributed by atoms with E-state index in [0.29, 0.717) is 12.8 Å². The van der Waals surface area contributed by atoms with Crippen molar-refractivity contribution >= 4 is 16.9 Å². The van der Waals surface area contributed by atoms with E-state index in [1.54, 1.807) is 4.90 Å². The summed E-state index contributed by atoms with van der Waals surface area (Å²) in [5.41, 5.74) is 6.46. The van der Waals surface area contributed by atoms with Crippen molar-refractivity contribution in [1.82, 2.24) is 4.90 Å². The highest BCUT2D eigenvalue weighted by molar-refractivity contribution is 5.79. The summed E-state index contributed by atoms with van der Waals surface area (Å²) < 4.78 is 5.83. The molecule has 0 aliphatic rings. The third kappa shape index (κ3) is 3.85. The van der Waals surface area contributed by atoms with Crippen LogP contribution in [0.4, 0.5) is 0 Å². The molecule has 2 rings (SSSR count). The molecule has 114 valence electrons. The van der Waals surface area contributed by atoms with E-state index in [-0.39, 0.29) is 17.5 Å². The summed E-state index contributed by atoms with van der Waals surface area (Å²) in [5, 5.41) is 1.06. The van der Waals surface area contributed by atoms with E-state index in [0.717, 1.165) is 16.7 Å². The van der Waals surface area contributed by atoms with Crippen LogP contribution in [0.15, 0.2) is 34.7 Å². The molecule has 21 heavy (non-hydrogen) atoms. The summed E-state index contributed by atoms with van der Waals surface area (Å²) >= 11 is 0. The monoisotopic (exact) mass is 288 g/mol. The molecule has 1 aromatic heterocycles. The molecule has 0 aliphatic carbocycles. The zero-order chi connectivity index (χ0) is 15.6. The molecule has 0 bridgehead atoms. The molecule has 0 radical (unpaired) electrons. The molecule has 1 aromatic carbocycles. The molecule has 1 amide bonds. The predicted molar refractivity (Wildman–Crippen MR) is 84.9 cm³/mol. The number of fused-ring (bicyclic) bond motifs is 1. The Morgan fingerprint density at radius 2 is 2.05 bits per heavy atom. The molecule has 4 heteroatoms. The molecule has 4 nitrogen and oxygen atoms in total. The largest absolute Gasteiger partial charge is 0.459 e. The smallest absolute Gasteiger partial charge is 0.222 e. The van der Waals surface area contributed by atoms with Gasteiger partial charge in [-0.2, -0.15) is 0 Å². The maximum absolute atomic E-state index is 12.2. The number of hydrogen-bond acceptors (Lipinski definition) is 3. The molecule has 2 N–H and O–H groups in total. The number of carbonyl (C=O) groups excluding carboxylic acids is 1. The predicted octanol–water partition coefficient (Wildman–Crippen LogP) is 3.47. The minimum atomic E-state index is -0.320. The third-order valence-electron chi connectivity index (χ3n) is 3.81. The van der Waals surface area contributed by atoms with Gasteiger partial charge >= 0.3 is 0 Å². The van der Waals surface area contributed by atoms with Gasteiger partial charge < -0.3 is 15.1 Å². The van der Waals surface area contributed by atoms with Crippen LogP contribution in [0.5, 0.6) is 0 Å². The Morgan fingerprint density at radius 1 is 1.38 bits per heavy atom. The van der Waals surface area contributed by atoms with E-state index in [1.165, 1.54) is 0 Å². The first kappa shape index (κ1) is 15.6. The van der Waals surface area contributed by atoms with E-state index < -0.39 is 0 Å². The fourth-order valence-electron chi connectivity index (χ4n) is 2.22. The summed E-state index contributed by atoms with van der Waals surface area (Å²) in [4.78, 5) is 14.0. The number of para-hydroxylation sites is 1. The Morgan fingerprint density at radius 3 is 2.67 bits per heavy atom. The average Bonchev–Trinajstić information content (AvgIpc) is 2.86. The maximum atomic E-state index is 12.2. The molecule has 1 unspecified atom stereocenters. The average molecular weight is 288 g/mol. The van der Waals surface area contributed by atoms with Crippen molar-refractivity contribution in [2.45, 2.75) is 45.2 Å². The molecule has 0 aliphatic heterocycles. The van der Waals surface area contributed by atoms with Crippen molar-refractivity contribution in [3.05, 3.63) is 36.1 Å². The van der Waals surface area contributed by atoms with Crippen LogP contribution in [-0.4, -0.2) is 23.4 Å². The highest BCUT2D eigenvalue weighted by atomic mass is 16.3. The molecular weight excluding hydrogens is 264 g/mol. The van der Waals surface area contributed by atoms with Gasteiger partial charge in [0.15, 0.2) is 0 Å². The Balaban J connectivity index is 2.07. The van der Waals surface area contributed by atoms with Crippen LogP contribution in [0, 0.1) is 0 Å². The van der Waals surface area contributed by atoms with Crippen molar-refractivity contribution in [1.29, 1.82) is 0 Å². The van der Waals surface area contributed by atoms with E-state index in [1.807, 2.05) is 58.2 Å². The van der Waals surface area contributed by atoms with E-state index in [9.17, 15) is 4.79 Å². The lowest BCUT2D eigenvalue weighted by atomic mass is 9.99. The Hall–Kier alpha value is -1.81. The first-order valence-electron chi connectivity index (χ1n) is 7.31. The molecular formula is C17H24N2O2. The lowest BCUT2D eigenvalue weighted by Gasteiger charge is -2.25. The van der Waals surface area contributed by atoms with Gasteiger partial charge in [0.2, 0.25) is 5.91 Å². The van der Waals surface area contributed by atoms with Gasteiger partial charge in [-0.05, 0) is 39.3 Å². The summed E-state index contributed by atoms with van der Waals surface area (Å²) in [7, 11) is 1.81. The van der Waals surface area contributed by atoms with Gasteiger partial charge in [0.25, 0.3) is 0 Å². The number of nitrogens with zero attached hydrogens (tertiary/aromatic N) is 1. The summed E-state index contributed by atoms with van der Waals surface area (Å²) in [5.74, 6) is 0.889. The minimum Gasteiger partial charge on any atom is -0.459 e. The quantitative estimate of drug-likeness (QED) is 0.916. The van der Waals surface area contributed by atoms with Gasteiger partial charge in [-0.25, -0.2) is 0 Å². The molecule has 0 saturated carbocycles. The second-order valence-electron chi connectivity index (χ2n) is 6.36. The lowest BCUT2D eigenvalue weighted by molar-refractivity contribution is -0.132. The molecule has 1 heterocycles. The van der Waals surface area contributed by atoms with Gasteiger partial charge in [0.1, 0.15) is 11.3 Å². The highest BCUT2D eigenvalue weighted by Crippen LogP contribution is 2.27. The Bertz CT molecular complexity index is 592. The molecule has 2 aromatic rings. The topological polar surface area (TPSA) is 59.5 Å². The molecule has 1 atom stereocenters. The van der Waals surface area contributed by atoms with Crippen molar-refractivity contribution in [2.24, 2.45) is 5.73 Å². The zero-order valence-electron chi connectivity index (χ0n) is 13.2. The fraction of sp³-hybridized carbons (Fsp3) is 0.471. The molecule has 0 spiro atoms. The highest BCUT2D eigenvalue weighted by Gasteiger charge is 2.22. The van der Waals surface area contributed by atoms with Crippen LogP contribution in [0.1, 0.15) is 45.4 Å². The number of benzene rings is 1. The van der Waals surface area contributed by atoms with Gasteiger partial charge in [0, 0.05) is 24.4 Å². The van der Waals surface area contributed by atoms with Crippen LogP contribution in [0.25, 0.3) is 11.0 Å². The van der Waals surface area contributed by atoms with Crippen molar-refractivity contribution in [3.63, 3.8) is 0 Å². The molecule has 0 saturated heterocycles. The Kier molecular flexibility index (Phi) is 4.37. The zero-order valence-corrected chi connectivity index (χ0v) is 13.2. The van der Waals surface area contributed by atoms with Gasteiger partial charge in [-0.3, -0.25) is 4.79 Å². The first-order chi connectivity index (χ1) is 9.78. The van der Waals surface area contributed by atoms with Crippen LogP contribution in [0.2, 0.25) is 0 Å². The van der Waals surface area contributed by atoms with Crippen LogP contribution in [-0.2, 0) is 4.79 Å². The number of hydrogen-bond donors (Lipinski definition) is 1. The van der Waals surface area contributed by atoms with Gasteiger partial charge in [-0.1, -0.05) is 18.2 Å². The summed E-state index contributed by atoms with van der Waals surface area (Å²) in [6, 6.07) is 9.77. The number of amides is 1. The minimum absolute atomic E-state index is 0.0847. The second kappa shape index (κ2) is 5.90. The standard InChI is InChI=1S/C17H24N2O2/c1-12(19(4)16(20)9-10-17(2,3)18)15-11-13-7-5-6-8-14(13)21-15/h5-8,11-12H,9-10,18H2,1-4H3. The Labute approximate surface area is 125 Å². The molecule has 0 fully saturated rings. The maximum Gasteiger partial charge on any atom is 0.222 e. The SMILES string of the molecule is CC(c1cc2ccccc2o1)N(C)C(=O)CCC(C)(C)N. The van der Waals surface area contributed by atoms with Gasteiger partial charge in [-0.15, -0.1) is 0 Å². The van der Waals surface area contributed by atoms with Crippen molar-refractivity contribution in [3.8, 4) is 0 Å². The second-order valence-corrected chi connectivity index (χ2v) is 6.36. The van der Waals surface area contributed by atoms with E-state index in [2.05, 4.69) is 0 Å². The van der Waals surface area contributed by atoms with Crippen molar-refractivity contribution < 1.29 is 9.21 Å². The van der Waals surface area contributed by atoms with Crippen LogP contribution in [0.3, 0.4) is 0 Å². The van der Waals surface area contributed by atoms with E-state index in [4.69, 9.17) is 10.2 Å².